The van der Waals surface area contributed by atoms with E-state index in [2.05, 4.69) is 5.32 Å². The monoisotopic (exact) mass is 942 g/mol. The number of imide groups is 1. The lowest BCUT2D eigenvalue weighted by Gasteiger charge is -2.41. The third kappa shape index (κ3) is 11.2. The maximum absolute atomic E-state index is 14.3. The molecule has 3 unspecified atom stereocenters. The van der Waals surface area contributed by atoms with Gasteiger partial charge in [-0.05, 0) is 82.9 Å². The number of nitrogens with zero attached hydrogens (tertiary/aromatic N) is 3. The Morgan fingerprint density at radius 1 is 1.08 bits per heavy atom. The van der Waals surface area contributed by atoms with Crippen molar-refractivity contribution in [2.24, 2.45) is 23.7 Å². The molecule has 1 aromatic rings. The Kier molecular flexibility index (Phi) is 15.5. The molecule has 356 valence electrons. The van der Waals surface area contributed by atoms with E-state index in [1.165, 1.54) is 40.4 Å². The lowest BCUT2D eigenvalue weighted by molar-refractivity contribution is -0.162. The van der Waals surface area contributed by atoms with Gasteiger partial charge < -0.3 is 34.2 Å². The van der Waals surface area contributed by atoms with Gasteiger partial charge in [0.15, 0.2) is 0 Å². The fourth-order valence-electron chi connectivity index (χ4n) is 9.45. The van der Waals surface area contributed by atoms with Crippen LogP contribution in [-0.4, -0.2) is 129 Å². The molecule has 4 aliphatic heterocycles. The molecule has 3 saturated heterocycles. The third-order valence-corrected chi connectivity index (χ3v) is 15.8. The second-order valence-electron chi connectivity index (χ2n) is 18.9. The Morgan fingerprint density at radius 3 is 2.45 bits per heavy atom. The number of halogens is 1. The van der Waals surface area contributed by atoms with E-state index in [0.717, 1.165) is 16.7 Å². The van der Waals surface area contributed by atoms with Crippen LogP contribution in [0.5, 0.6) is 0 Å². The molecule has 4 bridgehead atoms. The van der Waals surface area contributed by atoms with Gasteiger partial charge in [-0.2, -0.15) is 0 Å². The first kappa shape index (κ1) is 50.0. The largest absolute Gasteiger partial charge is 0.481 e. The molecule has 0 spiro atoms. The molecule has 0 radical (unpaired) electrons. The smallest absolute Gasteiger partial charge is 0.409 e. The fourth-order valence-corrected chi connectivity index (χ4v) is 10.8. The van der Waals surface area contributed by atoms with E-state index in [1.807, 2.05) is 51.1 Å². The molecule has 16 nitrogen and oxygen atoms in total. The number of aryl methyl sites for hydroxylation is 1. The van der Waals surface area contributed by atoms with Crippen molar-refractivity contribution in [2.75, 3.05) is 31.3 Å². The highest BCUT2D eigenvalue weighted by molar-refractivity contribution is 8.00. The van der Waals surface area contributed by atoms with Crippen molar-refractivity contribution >= 4 is 70.7 Å². The standard InChI is InChI=1S/C47H63ClN4O12S/c1-25-10-9-11-27(3)47(61)23-34(62-45(60)49-47)28(4)41-46(6,64-41)36(22-38(54)51(8)33-20-31(18-25)19-26(2)40(33)48)63-44(59)29(5)50(7)37(53)16-17-65-35-21-39(55)52(42(35)56)24-30-12-14-32(15-13-30)43(57)58/h9-11,19-20,27-30,32,34-36,41,61H,12-18,21-24H2,1-8H3,(H,49,60)(H,57,58)/b11-9+,25-10+/t27-,28-,29+,30?,32?,34?,35?,36+,41?,46+,47+/m1/s1. The van der Waals surface area contributed by atoms with Crippen molar-refractivity contribution in [3.05, 3.63) is 52.1 Å². The van der Waals surface area contributed by atoms with Crippen LogP contribution in [0, 0.1) is 30.6 Å². The van der Waals surface area contributed by atoms with Gasteiger partial charge in [-0.15, -0.1) is 11.8 Å². The van der Waals surface area contributed by atoms with Crippen LogP contribution in [0.4, 0.5) is 10.5 Å². The Hall–Kier alpha value is -4.45. The maximum atomic E-state index is 14.3. The lowest BCUT2D eigenvalue weighted by atomic mass is 9.82. The first-order valence-corrected chi connectivity index (χ1v) is 23.9. The minimum atomic E-state index is -1.64. The fraction of sp³-hybridized carbons (Fsp3) is 0.638. The summed E-state index contributed by atoms with van der Waals surface area (Å²) < 4.78 is 18.1. The molecule has 5 amide bonds. The van der Waals surface area contributed by atoms with E-state index >= 15 is 0 Å². The first-order valence-electron chi connectivity index (χ1n) is 22.5. The average molecular weight is 944 g/mol. The number of fused-ring (bicyclic) bond motifs is 5. The van der Waals surface area contributed by atoms with Crippen molar-refractivity contribution in [1.29, 1.82) is 0 Å². The molecule has 1 aromatic carbocycles. The zero-order valence-electron chi connectivity index (χ0n) is 38.5. The Bertz CT molecular complexity index is 2130. The molecule has 18 heteroatoms. The number of carboxylic acids is 1. The number of benzene rings is 1. The molecule has 65 heavy (non-hydrogen) atoms. The van der Waals surface area contributed by atoms with Gasteiger partial charge in [0, 0.05) is 57.5 Å². The number of hydrogen-bond acceptors (Lipinski definition) is 12. The third-order valence-electron chi connectivity index (χ3n) is 14.1. The predicted molar refractivity (Wildman–Crippen MR) is 243 cm³/mol. The predicted octanol–water partition coefficient (Wildman–Crippen LogP) is 5.58. The number of amides is 5. The number of likely N-dealkylation sites (tertiary alicyclic amines) is 1. The van der Waals surface area contributed by atoms with Crippen LogP contribution in [-0.2, 0) is 49.4 Å². The summed E-state index contributed by atoms with van der Waals surface area (Å²) in [5.74, 6) is -4.19. The first-order chi connectivity index (χ1) is 30.5. The number of epoxide rings is 1. The van der Waals surface area contributed by atoms with E-state index < -0.39 is 88.5 Å². The number of aliphatic carboxylic acids is 1. The number of aliphatic hydroxyl groups is 1. The number of esters is 1. The molecule has 9 atom stereocenters. The number of carboxylic acid groups (broad SMARTS) is 1. The second-order valence-corrected chi connectivity index (χ2v) is 20.6. The van der Waals surface area contributed by atoms with Gasteiger partial charge >= 0.3 is 18.0 Å². The van der Waals surface area contributed by atoms with Gasteiger partial charge in [-0.25, -0.2) is 9.59 Å². The summed E-state index contributed by atoms with van der Waals surface area (Å²) in [6.45, 7) is 10.9. The van der Waals surface area contributed by atoms with E-state index in [1.54, 1.807) is 20.9 Å². The highest BCUT2D eigenvalue weighted by Crippen LogP contribution is 2.49. The van der Waals surface area contributed by atoms with Gasteiger partial charge in [0.05, 0.1) is 34.4 Å². The van der Waals surface area contributed by atoms with E-state index in [9.17, 15) is 43.8 Å². The molecule has 6 rings (SSSR count). The summed E-state index contributed by atoms with van der Waals surface area (Å²) in [5, 5.41) is 23.4. The summed E-state index contributed by atoms with van der Waals surface area (Å²) in [7, 11) is 3.06. The van der Waals surface area contributed by atoms with E-state index in [0.29, 0.717) is 42.8 Å². The molecule has 1 aliphatic carbocycles. The number of hydrogen-bond donors (Lipinski definition) is 3. The second kappa shape index (κ2) is 20.2. The highest BCUT2D eigenvalue weighted by Gasteiger charge is 2.64. The van der Waals surface area contributed by atoms with Crippen molar-refractivity contribution in [2.45, 2.75) is 140 Å². The minimum Gasteiger partial charge on any atom is -0.481 e. The van der Waals surface area contributed by atoms with Gasteiger partial charge in [0.2, 0.25) is 23.6 Å². The molecule has 4 heterocycles. The SMILES string of the molecule is C/C1=C\C=C\[C@@H](C)[C@@]2(O)CC(OC(=O)N2)[C@@H](C)C2O[C@@]2(C)[C@@H](OC(=O)[C@H](C)N(C)C(=O)CCSC2CC(=O)N(CC3CCC(C(=O)O)CC3)C2=O)CC(=O)N(C)c2cc(cc(C)c2Cl)C1. The number of ether oxygens (including phenoxy) is 3. The van der Waals surface area contributed by atoms with Crippen LogP contribution in [0.2, 0.25) is 5.02 Å². The van der Waals surface area contributed by atoms with Crippen LogP contribution in [0.3, 0.4) is 0 Å². The van der Waals surface area contributed by atoms with Gasteiger partial charge in [0.1, 0.15) is 29.6 Å². The van der Waals surface area contributed by atoms with Crippen molar-refractivity contribution < 1.29 is 58.0 Å². The van der Waals surface area contributed by atoms with Gasteiger partial charge in [-0.1, -0.05) is 55.3 Å². The molecule has 3 N–H and O–H groups in total. The van der Waals surface area contributed by atoms with Crippen LogP contribution < -0.4 is 10.2 Å². The maximum Gasteiger partial charge on any atom is 0.409 e. The zero-order chi connectivity index (χ0) is 47.7. The Balaban J connectivity index is 1.14. The summed E-state index contributed by atoms with van der Waals surface area (Å²) in [5.41, 5.74) is 0.247. The number of rotatable bonds is 10. The molecular formula is C47H63ClN4O12S. The Labute approximate surface area is 389 Å². The number of anilines is 1. The van der Waals surface area contributed by atoms with Crippen LogP contribution >= 0.6 is 23.4 Å². The lowest BCUT2D eigenvalue weighted by Crippen LogP contribution is -2.60. The number of nitrogens with one attached hydrogen (secondary N) is 1. The van der Waals surface area contributed by atoms with Crippen molar-refractivity contribution in [3.63, 3.8) is 0 Å². The average Bonchev–Trinajstić information content (AvgIpc) is 3.88. The number of allylic oxidation sites excluding steroid dienone is 3. The van der Waals surface area contributed by atoms with Crippen LogP contribution in [0.15, 0.2) is 35.9 Å². The highest BCUT2D eigenvalue weighted by atomic mass is 35.5. The molecule has 0 aromatic heterocycles. The quantitative estimate of drug-likeness (QED) is 0.149. The number of alkyl carbamates (subject to hydrolysis) is 1. The van der Waals surface area contributed by atoms with Crippen LogP contribution in [0.1, 0.15) is 97.1 Å². The molecule has 4 fully saturated rings. The summed E-state index contributed by atoms with van der Waals surface area (Å²) >= 11 is 8.02. The Morgan fingerprint density at radius 2 is 1.77 bits per heavy atom. The number of thioether (sulfide) groups is 1. The number of carbonyl (C=O) groups excluding carboxylic acids is 6. The molecule has 5 aliphatic rings. The summed E-state index contributed by atoms with van der Waals surface area (Å²) in [6.07, 6.45) is 4.66. The van der Waals surface area contributed by atoms with E-state index in [4.69, 9.17) is 25.8 Å². The summed E-state index contributed by atoms with van der Waals surface area (Å²) in [6, 6.07) is 2.70. The zero-order valence-corrected chi connectivity index (χ0v) is 40.0. The van der Waals surface area contributed by atoms with Gasteiger partial charge in [-0.3, -0.25) is 34.2 Å². The number of likely N-dealkylation sites (N-methyl/N-ethyl adjacent to an activating group) is 1. The minimum absolute atomic E-state index is 0.0160. The van der Waals surface area contributed by atoms with Gasteiger partial charge in [0.25, 0.3) is 0 Å². The molecular weight excluding hydrogens is 880 g/mol. The van der Waals surface area contributed by atoms with Crippen molar-refractivity contribution in [3.8, 4) is 0 Å². The van der Waals surface area contributed by atoms with Crippen LogP contribution in [0.25, 0.3) is 0 Å². The van der Waals surface area contributed by atoms with Crippen molar-refractivity contribution in [1.82, 2.24) is 15.1 Å². The normalized spacial score (nSPS) is 33.8. The summed E-state index contributed by atoms with van der Waals surface area (Å²) in [4.78, 5) is 96.0. The number of carbonyl (C=O) groups is 7. The molecule has 1 saturated carbocycles. The van der Waals surface area contributed by atoms with E-state index in [-0.39, 0.29) is 55.7 Å². The topological polar surface area (TPSA) is 213 Å².